The van der Waals surface area contributed by atoms with Crippen LogP contribution in [0.15, 0.2) is 36.4 Å². The molecular formula is C28H40N4O3. The molecule has 35 heavy (non-hydrogen) atoms. The highest BCUT2D eigenvalue weighted by Gasteiger charge is 2.35. The van der Waals surface area contributed by atoms with E-state index >= 15 is 0 Å². The molecule has 2 bridgehead atoms. The SMILES string of the molecule is CN1CCN(C(=O)C[C@@H]2CCN3C[C@@H]2C=CCOc2ccccc2CN(C2CCC2)CC3=O)CC1. The number of amides is 2. The maximum Gasteiger partial charge on any atom is 0.236 e. The number of fused-ring (bicyclic) bond motifs is 3. The molecular weight excluding hydrogens is 440 g/mol. The Morgan fingerprint density at radius 1 is 1.03 bits per heavy atom. The minimum absolute atomic E-state index is 0.181. The van der Waals surface area contributed by atoms with Crippen molar-refractivity contribution < 1.29 is 14.3 Å². The summed E-state index contributed by atoms with van der Waals surface area (Å²) in [6, 6.07) is 8.69. The predicted octanol–water partition coefficient (Wildman–Crippen LogP) is 2.62. The van der Waals surface area contributed by atoms with Crippen molar-refractivity contribution in [3.05, 3.63) is 42.0 Å². The van der Waals surface area contributed by atoms with Crippen LogP contribution < -0.4 is 4.74 Å². The summed E-state index contributed by atoms with van der Waals surface area (Å²) in [5.41, 5.74) is 1.15. The maximum atomic E-state index is 13.4. The van der Waals surface area contributed by atoms with Gasteiger partial charge < -0.3 is 19.4 Å². The Morgan fingerprint density at radius 3 is 2.60 bits per heavy atom. The molecule has 1 saturated carbocycles. The van der Waals surface area contributed by atoms with Crippen molar-refractivity contribution >= 4 is 11.8 Å². The smallest absolute Gasteiger partial charge is 0.236 e. The average Bonchev–Trinajstić information content (AvgIpc) is 2.83. The molecule has 3 fully saturated rings. The summed E-state index contributed by atoms with van der Waals surface area (Å²) in [7, 11) is 2.11. The molecule has 7 heteroatoms. The van der Waals surface area contributed by atoms with E-state index in [2.05, 4.69) is 41.1 Å². The standard InChI is InChI=1S/C28H40N4O3/c1-29-13-15-30(16-14-29)27(33)18-22-11-12-31-19-23(22)7-5-17-35-26-10-3-2-6-24(26)20-32(21-28(31)34)25-8-4-9-25/h2-3,5-7,10,22-23,25H,4,8-9,11-21H2,1H3/t22-,23-/m0/s1. The Morgan fingerprint density at radius 2 is 1.83 bits per heavy atom. The number of piperazine rings is 1. The third-order valence-electron chi connectivity index (χ3n) is 8.45. The maximum absolute atomic E-state index is 13.4. The summed E-state index contributed by atoms with van der Waals surface area (Å²) in [6.07, 6.45) is 9.31. The zero-order chi connectivity index (χ0) is 24.2. The van der Waals surface area contributed by atoms with Gasteiger partial charge in [-0.3, -0.25) is 14.5 Å². The normalized spacial score (nSPS) is 27.2. The Balaban J connectivity index is 1.31. The molecule has 0 radical (unpaired) electrons. The summed E-state index contributed by atoms with van der Waals surface area (Å²) >= 11 is 0. The summed E-state index contributed by atoms with van der Waals surface area (Å²) in [6.45, 7) is 6.67. The van der Waals surface area contributed by atoms with E-state index in [1.54, 1.807) is 0 Å². The van der Waals surface area contributed by atoms with Crippen molar-refractivity contribution in [1.29, 1.82) is 0 Å². The highest BCUT2D eigenvalue weighted by atomic mass is 16.5. The highest BCUT2D eigenvalue weighted by molar-refractivity contribution is 5.79. The highest BCUT2D eigenvalue weighted by Crippen LogP contribution is 2.32. The molecule has 0 spiro atoms. The van der Waals surface area contributed by atoms with Crippen molar-refractivity contribution in [3.8, 4) is 5.75 Å². The third kappa shape index (κ3) is 5.89. The third-order valence-corrected chi connectivity index (χ3v) is 8.45. The molecule has 0 N–H and O–H groups in total. The van der Waals surface area contributed by atoms with Crippen molar-refractivity contribution in [2.75, 3.05) is 59.5 Å². The quantitative estimate of drug-likeness (QED) is 0.623. The van der Waals surface area contributed by atoms with Crippen LogP contribution in [0.4, 0.5) is 0 Å². The molecule has 2 saturated heterocycles. The topological polar surface area (TPSA) is 56.3 Å². The number of rotatable bonds is 3. The number of carbonyl (C=O) groups excluding carboxylic acids is 2. The summed E-state index contributed by atoms with van der Waals surface area (Å²) in [5.74, 6) is 1.83. The zero-order valence-electron chi connectivity index (χ0n) is 21.1. The molecule has 2 atom stereocenters. The van der Waals surface area contributed by atoms with Gasteiger partial charge in [-0.1, -0.05) is 36.8 Å². The monoisotopic (exact) mass is 480 g/mol. The van der Waals surface area contributed by atoms with E-state index in [1.165, 1.54) is 6.42 Å². The van der Waals surface area contributed by atoms with E-state index in [9.17, 15) is 9.59 Å². The molecule has 0 unspecified atom stereocenters. The van der Waals surface area contributed by atoms with Crippen molar-refractivity contribution in [3.63, 3.8) is 0 Å². The molecule has 2 amide bonds. The number of para-hydroxylation sites is 1. The first-order valence-corrected chi connectivity index (χ1v) is 13.4. The largest absolute Gasteiger partial charge is 0.489 e. The second-order valence-corrected chi connectivity index (χ2v) is 10.8. The first-order valence-electron chi connectivity index (χ1n) is 13.4. The van der Waals surface area contributed by atoms with Gasteiger partial charge in [0, 0.05) is 63.8 Å². The fraction of sp³-hybridized carbons (Fsp3) is 0.643. The van der Waals surface area contributed by atoms with Gasteiger partial charge in [0.15, 0.2) is 0 Å². The molecule has 1 aromatic rings. The summed E-state index contributed by atoms with van der Waals surface area (Å²) < 4.78 is 6.18. The number of hydrogen-bond acceptors (Lipinski definition) is 5. The lowest BCUT2D eigenvalue weighted by Crippen LogP contribution is -2.51. The minimum Gasteiger partial charge on any atom is -0.489 e. The lowest BCUT2D eigenvalue weighted by molar-refractivity contribution is -0.137. The van der Waals surface area contributed by atoms with E-state index in [4.69, 9.17) is 4.74 Å². The molecule has 1 aliphatic carbocycles. The molecule has 190 valence electrons. The van der Waals surface area contributed by atoms with Gasteiger partial charge in [-0.05, 0) is 44.2 Å². The van der Waals surface area contributed by atoms with E-state index < -0.39 is 0 Å². The Labute approximate surface area is 209 Å². The predicted molar refractivity (Wildman–Crippen MR) is 136 cm³/mol. The van der Waals surface area contributed by atoms with Crippen LogP contribution in [0.25, 0.3) is 0 Å². The van der Waals surface area contributed by atoms with Crippen molar-refractivity contribution in [2.24, 2.45) is 11.8 Å². The van der Waals surface area contributed by atoms with Gasteiger partial charge in [0.25, 0.3) is 0 Å². The summed E-state index contributed by atoms with van der Waals surface area (Å²) in [4.78, 5) is 35.2. The molecule has 3 heterocycles. The number of hydrogen-bond donors (Lipinski definition) is 0. The Hall–Kier alpha value is -2.38. The van der Waals surface area contributed by atoms with Crippen LogP contribution in [0, 0.1) is 11.8 Å². The molecule has 7 nitrogen and oxygen atoms in total. The molecule has 5 rings (SSSR count). The first kappa shape index (κ1) is 24.3. The van der Waals surface area contributed by atoms with E-state index in [1.807, 2.05) is 21.9 Å². The van der Waals surface area contributed by atoms with Crippen LogP contribution in [0.5, 0.6) is 5.75 Å². The van der Waals surface area contributed by atoms with E-state index in [-0.39, 0.29) is 23.7 Å². The van der Waals surface area contributed by atoms with Gasteiger partial charge in [-0.15, -0.1) is 0 Å². The Kier molecular flexibility index (Phi) is 7.73. The van der Waals surface area contributed by atoms with Gasteiger partial charge in [-0.2, -0.15) is 0 Å². The Bertz CT molecular complexity index is 923. The van der Waals surface area contributed by atoms with Crippen LogP contribution in [0.1, 0.15) is 37.7 Å². The lowest BCUT2D eigenvalue weighted by atomic mass is 9.82. The fourth-order valence-corrected chi connectivity index (χ4v) is 5.84. The van der Waals surface area contributed by atoms with Crippen LogP contribution in [-0.4, -0.2) is 96.9 Å². The number of ether oxygens (including phenoxy) is 1. The van der Waals surface area contributed by atoms with Crippen molar-refractivity contribution in [2.45, 2.75) is 44.7 Å². The number of nitrogens with zero attached hydrogens (tertiary/aromatic N) is 4. The second-order valence-electron chi connectivity index (χ2n) is 10.8. The van der Waals surface area contributed by atoms with E-state index in [0.29, 0.717) is 32.2 Å². The number of carbonyl (C=O) groups is 2. The molecule has 0 aromatic heterocycles. The average molecular weight is 481 g/mol. The molecule has 1 aromatic carbocycles. The molecule has 4 aliphatic rings. The first-order chi connectivity index (χ1) is 17.1. The number of benzene rings is 1. The molecule has 3 aliphatic heterocycles. The fourth-order valence-electron chi connectivity index (χ4n) is 5.84. The second kappa shape index (κ2) is 11.1. The van der Waals surface area contributed by atoms with Crippen LogP contribution in [0.2, 0.25) is 0 Å². The van der Waals surface area contributed by atoms with Gasteiger partial charge in [0.2, 0.25) is 11.8 Å². The van der Waals surface area contributed by atoms with Crippen LogP contribution in [-0.2, 0) is 16.1 Å². The lowest BCUT2D eigenvalue weighted by Gasteiger charge is -2.41. The minimum atomic E-state index is 0.181. The van der Waals surface area contributed by atoms with Gasteiger partial charge in [0.1, 0.15) is 12.4 Å². The zero-order valence-corrected chi connectivity index (χ0v) is 21.1. The van der Waals surface area contributed by atoms with Crippen LogP contribution in [0.3, 0.4) is 0 Å². The van der Waals surface area contributed by atoms with Gasteiger partial charge in [-0.25, -0.2) is 0 Å². The van der Waals surface area contributed by atoms with Crippen LogP contribution >= 0.6 is 0 Å². The summed E-state index contributed by atoms with van der Waals surface area (Å²) in [5, 5.41) is 0. The van der Waals surface area contributed by atoms with Gasteiger partial charge in [0.05, 0.1) is 6.54 Å². The van der Waals surface area contributed by atoms with E-state index in [0.717, 1.165) is 69.8 Å². The van der Waals surface area contributed by atoms with Crippen molar-refractivity contribution in [1.82, 2.24) is 19.6 Å². The number of likely N-dealkylation sites (N-methyl/N-ethyl adjacent to an activating group) is 1. The van der Waals surface area contributed by atoms with Gasteiger partial charge >= 0.3 is 0 Å². The number of piperidine rings is 1.